The lowest BCUT2D eigenvalue weighted by Gasteiger charge is -2.14. The highest BCUT2D eigenvalue weighted by Crippen LogP contribution is 2.23. The summed E-state index contributed by atoms with van der Waals surface area (Å²) in [6, 6.07) is 14.6. The van der Waals surface area contributed by atoms with Crippen molar-refractivity contribution in [3.05, 3.63) is 59.7 Å². The van der Waals surface area contributed by atoms with Gasteiger partial charge in [-0.15, -0.1) is 0 Å². The Morgan fingerprint density at radius 1 is 1.12 bits per heavy atom. The second-order valence-electron chi connectivity index (χ2n) is 6.02. The minimum atomic E-state index is -0.255. The molecule has 0 radical (unpaired) electrons. The van der Waals surface area contributed by atoms with Gasteiger partial charge in [-0.25, -0.2) is 0 Å². The van der Waals surface area contributed by atoms with Gasteiger partial charge in [0.15, 0.2) is 0 Å². The van der Waals surface area contributed by atoms with Crippen LogP contribution in [0, 0.1) is 0 Å². The fraction of sp³-hybridized carbons (Fsp3) is 0.300. The van der Waals surface area contributed by atoms with E-state index < -0.39 is 0 Å². The minimum Gasteiger partial charge on any atom is -0.497 e. The average Bonchev–Trinajstić information content (AvgIpc) is 2.66. The van der Waals surface area contributed by atoms with Crippen LogP contribution in [-0.4, -0.2) is 32.0 Å². The van der Waals surface area contributed by atoms with Crippen LogP contribution in [0.1, 0.15) is 35.2 Å². The molecule has 4 N–H and O–H groups in total. The van der Waals surface area contributed by atoms with Gasteiger partial charge in [0.05, 0.1) is 18.4 Å². The number of methoxy groups -OCH3 is 1. The molecule has 1 unspecified atom stereocenters. The summed E-state index contributed by atoms with van der Waals surface area (Å²) in [5, 5.41) is 5.55. The quantitative estimate of drug-likeness (QED) is 0.678. The van der Waals surface area contributed by atoms with E-state index in [1.165, 1.54) is 0 Å². The molecular weight excluding hydrogens is 330 g/mol. The first-order valence-electron chi connectivity index (χ1n) is 8.56. The van der Waals surface area contributed by atoms with Crippen LogP contribution in [0.2, 0.25) is 0 Å². The molecule has 0 aliphatic rings. The van der Waals surface area contributed by atoms with Crippen LogP contribution in [0.5, 0.6) is 5.75 Å². The van der Waals surface area contributed by atoms with Crippen molar-refractivity contribution >= 4 is 17.5 Å². The van der Waals surface area contributed by atoms with Crippen LogP contribution in [0.4, 0.5) is 5.69 Å². The summed E-state index contributed by atoms with van der Waals surface area (Å²) < 4.78 is 5.15. The van der Waals surface area contributed by atoms with Gasteiger partial charge in [-0.1, -0.05) is 31.2 Å². The van der Waals surface area contributed by atoms with Gasteiger partial charge in [0.25, 0.3) is 5.91 Å². The van der Waals surface area contributed by atoms with Gasteiger partial charge in [-0.2, -0.15) is 0 Å². The fourth-order valence-corrected chi connectivity index (χ4v) is 2.60. The first-order valence-corrected chi connectivity index (χ1v) is 8.56. The maximum atomic E-state index is 12.4. The Hall–Kier alpha value is -2.86. The Labute approximate surface area is 153 Å². The van der Waals surface area contributed by atoms with E-state index in [2.05, 4.69) is 10.6 Å². The normalized spacial score (nSPS) is 11.5. The van der Waals surface area contributed by atoms with E-state index in [9.17, 15) is 9.59 Å². The lowest BCUT2D eigenvalue weighted by molar-refractivity contribution is -0.116. The van der Waals surface area contributed by atoms with Crippen LogP contribution >= 0.6 is 0 Å². The van der Waals surface area contributed by atoms with Crippen LogP contribution in [0.15, 0.2) is 48.5 Å². The fourth-order valence-electron chi connectivity index (χ4n) is 2.60. The van der Waals surface area contributed by atoms with Crippen molar-refractivity contribution in [1.82, 2.24) is 5.32 Å². The molecule has 0 spiro atoms. The van der Waals surface area contributed by atoms with Gasteiger partial charge >= 0.3 is 0 Å². The molecule has 2 aromatic carbocycles. The number of amides is 2. The van der Waals surface area contributed by atoms with Gasteiger partial charge in [0.2, 0.25) is 5.91 Å². The van der Waals surface area contributed by atoms with Gasteiger partial charge in [0.1, 0.15) is 5.75 Å². The number of hydrogen-bond donors (Lipinski definition) is 3. The van der Waals surface area contributed by atoms with Crippen molar-refractivity contribution in [2.45, 2.75) is 19.3 Å². The van der Waals surface area contributed by atoms with Crippen molar-refractivity contribution in [2.24, 2.45) is 5.73 Å². The smallest absolute Gasteiger partial charge is 0.253 e. The van der Waals surface area contributed by atoms with Crippen LogP contribution in [-0.2, 0) is 4.79 Å². The molecule has 0 saturated carbocycles. The number of para-hydroxylation sites is 1. The maximum Gasteiger partial charge on any atom is 0.253 e. The highest BCUT2D eigenvalue weighted by atomic mass is 16.5. The zero-order valence-corrected chi connectivity index (χ0v) is 15.1. The Kier molecular flexibility index (Phi) is 7.17. The molecule has 138 valence electrons. The molecule has 26 heavy (non-hydrogen) atoms. The summed E-state index contributed by atoms with van der Waals surface area (Å²) in [5.41, 5.74) is 7.38. The zero-order valence-electron chi connectivity index (χ0n) is 15.1. The monoisotopic (exact) mass is 355 g/mol. The molecule has 2 rings (SSSR count). The predicted octanol–water partition coefficient (Wildman–Crippen LogP) is 2.52. The molecule has 1 atom stereocenters. The minimum absolute atomic E-state index is 0.0409. The van der Waals surface area contributed by atoms with E-state index in [1.54, 1.807) is 31.4 Å². The predicted molar refractivity (Wildman–Crippen MR) is 102 cm³/mol. The topological polar surface area (TPSA) is 93.4 Å². The van der Waals surface area contributed by atoms with Gasteiger partial charge < -0.3 is 21.1 Å². The summed E-state index contributed by atoms with van der Waals surface area (Å²) in [5.74, 6) is 0.420. The van der Waals surface area contributed by atoms with Crippen molar-refractivity contribution < 1.29 is 14.3 Å². The average molecular weight is 355 g/mol. The van der Waals surface area contributed by atoms with E-state index in [-0.39, 0.29) is 17.7 Å². The molecule has 6 nitrogen and oxygen atoms in total. The number of benzene rings is 2. The molecule has 0 aliphatic carbocycles. The third-order valence-corrected chi connectivity index (χ3v) is 4.05. The number of nitrogens with two attached hydrogens (primary N) is 1. The second kappa shape index (κ2) is 9.58. The summed E-state index contributed by atoms with van der Waals surface area (Å²) in [6.07, 6.45) is 0.311. The number of rotatable bonds is 8. The molecule has 0 bridgehead atoms. The van der Waals surface area contributed by atoms with E-state index in [0.29, 0.717) is 30.8 Å². The molecule has 6 heteroatoms. The Morgan fingerprint density at radius 2 is 1.81 bits per heavy atom. The zero-order chi connectivity index (χ0) is 18.9. The number of nitrogens with one attached hydrogen (secondary N) is 2. The molecule has 0 aromatic heterocycles. The summed E-state index contributed by atoms with van der Waals surface area (Å²) in [7, 11) is 1.62. The van der Waals surface area contributed by atoms with Crippen molar-refractivity contribution in [3.63, 3.8) is 0 Å². The standard InChI is InChI=1S/C20H25N3O3/c1-14(15-7-9-16(26-2)10-8-15)13-19(24)23-18-6-4-3-5-17(18)20(25)22-12-11-21/h3-10,14H,11-13,21H2,1-2H3,(H,22,25)(H,23,24). The van der Waals surface area contributed by atoms with Gasteiger partial charge in [-0.05, 0) is 35.7 Å². The van der Waals surface area contributed by atoms with Crippen molar-refractivity contribution in [2.75, 3.05) is 25.5 Å². The number of carbonyl (C=O) groups excluding carboxylic acids is 2. The van der Waals surface area contributed by atoms with E-state index in [4.69, 9.17) is 10.5 Å². The lowest BCUT2D eigenvalue weighted by Crippen LogP contribution is -2.30. The van der Waals surface area contributed by atoms with Gasteiger partial charge in [0, 0.05) is 19.5 Å². The first-order chi connectivity index (χ1) is 12.5. The molecular formula is C20H25N3O3. The van der Waals surface area contributed by atoms with Crippen molar-refractivity contribution in [1.29, 1.82) is 0 Å². The van der Waals surface area contributed by atoms with Crippen LogP contribution in [0.3, 0.4) is 0 Å². The van der Waals surface area contributed by atoms with E-state index >= 15 is 0 Å². The second-order valence-corrected chi connectivity index (χ2v) is 6.02. The Bertz CT molecular complexity index is 744. The SMILES string of the molecule is COc1ccc(C(C)CC(=O)Nc2ccccc2C(=O)NCCN)cc1. The highest BCUT2D eigenvalue weighted by molar-refractivity contribution is 6.03. The third kappa shape index (κ3) is 5.32. The van der Waals surface area contributed by atoms with E-state index in [1.807, 2.05) is 31.2 Å². The van der Waals surface area contributed by atoms with Gasteiger partial charge in [-0.3, -0.25) is 9.59 Å². The summed E-state index contributed by atoms with van der Waals surface area (Å²) in [6.45, 7) is 2.73. The number of ether oxygens (including phenoxy) is 1. The van der Waals surface area contributed by atoms with Crippen LogP contribution < -0.4 is 21.1 Å². The Balaban J connectivity index is 2.01. The summed E-state index contributed by atoms with van der Waals surface area (Å²) >= 11 is 0. The third-order valence-electron chi connectivity index (χ3n) is 4.05. The van der Waals surface area contributed by atoms with Crippen LogP contribution in [0.25, 0.3) is 0 Å². The molecule has 0 fully saturated rings. The molecule has 0 saturated heterocycles. The molecule has 2 aromatic rings. The Morgan fingerprint density at radius 3 is 2.46 bits per heavy atom. The number of hydrogen-bond acceptors (Lipinski definition) is 4. The number of anilines is 1. The number of carbonyl (C=O) groups is 2. The maximum absolute atomic E-state index is 12.4. The van der Waals surface area contributed by atoms with E-state index in [0.717, 1.165) is 11.3 Å². The lowest BCUT2D eigenvalue weighted by atomic mass is 9.97. The first kappa shape index (κ1) is 19.5. The highest BCUT2D eigenvalue weighted by Gasteiger charge is 2.15. The molecule has 0 heterocycles. The molecule has 0 aliphatic heterocycles. The summed E-state index contributed by atoms with van der Waals surface area (Å²) in [4.78, 5) is 24.6. The van der Waals surface area contributed by atoms with Crippen molar-refractivity contribution in [3.8, 4) is 5.75 Å². The molecule has 2 amide bonds. The largest absolute Gasteiger partial charge is 0.497 e.